The zero-order chi connectivity index (χ0) is 7.44. The van der Waals surface area contributed by atoms with Crippen LogP contribution in [-0.2, 0) is 9.53 Å². The lowest BCUT2D eigenvalue weighted by Crippen LogP contribution is -2.32. The van der Waals surface area contributed by atoms with Crippen LogP contribution in [0.1, 0.15) is 6.92 Å². The molecule has 0 rings (SSSR count). The average molecular weight is 132 g/mol. The van der Waals surface area contributed by atoms with E-state index < -0.39 is 18.1 Å². The van der Waals surface area contributed by atoms with Crippen LogP contribution in [0.15, 0.2) is 0 Å². The first-order chi connectivity index (χ1) is 4.04. The molecule has 9 heavy (non-hydrogen) atoms. The second-order valence-electron chi connectivity index (χ2n) is 1.53. The minimum Gasteiger partial charge on any atom is -0.375 e. The van der Waals surface area contributed by atoms with Crippen molar-refractivity contribution in [3.05, 3.63) is 0 Å². The van der Waals surface area contributed by atoms with E-state index in [0.717, 1.165) is 0 Å². The Kier molecular flexibility index (Phi) is 2.66. The zero-order valence-electron chi connectivity index (χ0n) is 4.96. The van der Waals surface area contributed by atoms with Gasteiger partial charge in [-0.25, -0.2) is 9.59 Å². The van der Waals surface area contributed by atoms with Gasteiger partial charge in [0.05, 0.1) is 0 Å². The Labute approximate surface area is 52.0 Å². The molecule has 0 aliphatic carbocycles. The Morgan fingerprint density at radius 3 is 2.11 bits per heavy atom. The molecule has 0 aliphatic rings. The van der Waals surface area contributed by atoms with Crippen molar-refractivity contribution in [2.45, 2.75) is 13.0 Å². The Hall–Kier alpha value is -1.10. The van der Waals surface area contributed by atoms with E-state index in [1.54, 1.807) is 0 Å². The largest absolute Gasteiger partial charge is 0.412 e. The second kappa shape index (κ2) is 3.03. The maximum atomic E-state index is 10.3. The molecular weight excluding hydrogens is 124 g/mol. The van der Waals surface area contributed by atoms with Crippen LogP contribution in [0.3, 0.4) is 0 Å². The van der Waals surface area contributed by atoms with E-state index in [2.05, 4.69) is 10.5 Å². The minimum atomic E-state index is -1.13. The second-order valence-corrected chi connectivity index (χ2v) is 1.53. The van der Waals surface area contributed by atoms with Gasteiger partial charge in [-0.1, -0.05) is 0 Å². The smallest absolute Gasteiger partial charge is 0.375 e. The molecule has 0 aromatic carbocycles. The van der Waals surface area contributed by atoms with Crippen molar-refractivity contribution in [3.8, 4) is 0 Å². The Morgan fingerprint density at radius 1 is 1.56 bits per heavy atom. The summed E-state index contributed by atoms with van der Waals surface area (Å²) in [5.41, 5.74) is 9.50. The maximum absolute atomic E-state index is 10.3. The number of hydrogen-bond donors (Lipinski definition) is 2. The van der Waals surface area contributed by atoms with Gasteiger partial charge in [-0.05, 0) is 6.92 Å². The van der Waals surface area contributed by atoms with Crippen molar-refractivity contribution in [2.75, 3.05) is 0 Å². The number of nitrogens with two attached hydrogens (primary N) is 2. The first-order valence-electron chi connectivity index (χ1n) is 2.30. The van der Waals surface area contributed by atoms with Crippen LogP contribution in [-0.4, -0.2) is 18.1 Å². The van der Waals surface area contributed by atoms with Gasteiger partial charge in [0.25, 0.3) is 0 Å². The summed E-state index contributed by atoms with van der Waals surface area (Å²) in [4.78, 5) is 20.1. The highest BCUT2D eigenvalue weighted by Gasteiger charge is 2.10. The molecule has 5 heteroatoms. The molecule has 0 saturated heterocycles. The van der Waals surface area contributed by atoms with Crippen molar-refractivity contribution >= 4 is 12.1 Å². The van der Waals surface area contributed by atoms with E-state index in [4.69, 9.17) is 5.73 Å². The van der Waals surface area contributed by atoms with Gasteiger partial charge in [0.1, 0.15) is 6.04 Å². The van der Waals surface area contributed by atoms with E-state index >= 15 is 0 Å². The molecule has 0 heterocycles. The van der Waals surface area contributed by atoms with Gasteiger partial charge in [-0.15, -0.1) is 0 Å². The fourth-order valence-corrected chi connectivity index (χ4v) is 0.192. The third-order valence-corrected chi connectivity index (χ3v) is 0.573. The van der Waals surface area contributed by atoms with Crippen LogP contribution < -0.4 is 11.5 Å². The summed E-state index contributed by atoms with van der Waals surface area (Å²) >= 11 is 0. The molecule has 1 unspecified atom stereocenters. The summed E-state index contributed by atoms with van der Waals surface area (Å²) in [7, 11) is 0. The normalized spacial score (nSPS) is 12.2. The third-order valence-electron chi connectivity index (χ3n) is 0.573. The molecular formula is C4H8N2O3. The molecule has 0 aliphatic heterocycles. The molecule has 1 atom stereocenters. The Bertz CT molecular complexity index is 132. The zero-order valence-corrected chi connectivity index (χ0v) is 4.96. The number of carbonyl (C=O) groups is 2. The van der Waals surface area contributed by atoms with Gasteiger partial charge in [0.15, 0.2) is 0 Å². The predicted octanol–water partition coefficient (Wildman–Crippen LogP) is -1.04. The van der Waals surface area contributed by atoms with Crippen molar-refractivity contribution in [1.29, 1.82) is 0 Å². The van der Waals surface area contributed by atoms with Crippen LogP contribution in [0, 0.1) is 0 Å². The molecule has 0 saturated carbocycles. The van der Waals surface area contributed by atoms with Gasteiger partial charge in [-0.2, -0.15) is 0 Å². The fraction of sp³-hybridized carbons (Fsp3) is 0.500. The molecule has 0 aromatic rings. The van der Waals surface area contributed by atoms with Crippen molar-refractivity contribution in [2.24, 2.45) is 11.5 Å². The van der Waals surface area contributed by atoms with Gasteiger partial charge < -0.3 is 16.2 Å². The van der Waals surface area contributed by atoms with Gasteiger partial charge in [0.2, 0.25) is 0 Å². The van der Waals surface area contributed by atoms with Crippen LogP contribution in [0.5, 0.6) is 0 Å². The molecule has 1 amide bonds. The van der Waals surface area contributed by atoms with Crippen molar-refractivity contribution in [3.63, 3.8) is 0 Å². The Balaban J connectivity index is 3.64. The number of esters is 1. The lowest BCUT2D eigenvalue weighted by molar-refractivity contribution is -0.138. The SMILES string of the molecule is CC(N)C(=O)OC(N)=O. The first kappa shape index (κ1) is 7.90. The first-order valence-corrected chi connectivity index (χ1v) is 2.30. The number of hydrogen-bond acceptors (Lipinski definition) is 4. The van der Waals surface area contributed by atoms with E-state index in [-0.39, 0.29) is 0 Å². The molecule has 52 valence electrons. The van der Waals surface area contributed by atoms with Crippen LogP contribution in [0.25, 0.3) is 0 Å². The lowest BCUT2D eigenvalue weighted by atomic mass is 10.4. The predicted molar refractivity (Wildman–Crippen MR) is 29.3 cm³/mol. The summed E-state index contributed by atoms with van der Waals surface area (Å²) in [5, 5.41) is 0. The van der Waals surface area contributed by atoms with Crippen molar-refractivity contribution in [1.82, 2.24) is 0 Å². The molecule has 0 fully saturated rings. The molecule has 0 spiro atoms. The highest BCUT2D eigenvalue weighted by atomic mass is 16.6. The summed E-state index contributed by atoms with van der Waals surface area (Å²) in [6, 6.07) is -0.808. The van der Waals surface area contributed by atoms with Gasteiger partial charge in [-0.3, -0.25) is 0 Å². The van der Waals surface area contributed by atoms with Crippen LogP contribution >= 0.6 is 0 Å². The monoisotopic (exact) mass is 132 g/mol. The molecule has 5 nitrogen and oxygen atoms in total. The number of primary amides is 1. The number of ether oxygens (including phenoxy) is 1. The van der Waals surface area contributed by atoms with E-state index in [0.29, 0.717) is 0 Å². The summed E-state index contributed by atoms with van der Waals surface area (Å²) < 4.78 is 3.89. The summed E-state index contributed by atoms with van der Waals surface area (Å²) in [6.07, 6.45) is -1.13. The summed E-state index contributed by atoms with van der Waals surface area (Å²) in [5.74, 6) is -0.817. The van der Waals surface area contributed by atoms with Crippen LogP contribution in [0.2, 0.25) is 0 Å². The highest BCUT2D eigenvalue weighted by molar-refractivity contribution is 5.86. The number of rotatable bonds is 1. The lowest BCUT2D eigenvalue weighted by Gasteiger charge is -2.00. The maximum Gasteiger partial charge on any atom is 0.412 e. The molecule has 4 N–H and O–H groups in total. The van der Waals surface area contributed by atoms with Crippen LogP contribution in [0.4, 0.5) is 4.79 Å². The summed E-state index contributed by atoms with van der Waals surface area (Å²) in [6.45, 7) is 1.39. The quantitative estimate of drug-likeness (QED) is 0.351. The Morgan fingerprint density at radius 2 is 2.00 bits per heavy atom. The topological polar surface area (TPSA) is 95.4 Å². The number of carbonyl (C=O) groups excluding carboxylic acids is 2. The van der Waals surface area contributed by atoms with Crippen molar-refractivity contribution < 1.29 is 14.3 Å². The van der Waals surface area contributed by atoms with E-state index in [1.807, 2.05) is 0 Å². The van der Waals surface area contributed by atoms with E-state index in [9.17, 15) is 9.59 Å². The minimum absolute atomic E-state index is 0.808. The molecule has 0 aromatic heterocycles. The fourth-order valence-electron chi connectivity index (χ4n) is 0.192. The standard InChI is InChI=1S/C4H8N2O3/c1-2(5)3(7)9-4(6)8/h2H,5H2,1H3,(H2,6,8). The third kappa shape index (κ3) is 3.48. The van der Waals surface area contributed by atoms with E-state index in [1.165, 1.54) is 6.92 Å². The molecule has 0 radical (unpaired) electrons. The number of amides is 1. The van der Waals surface area contributed by atoms with Gasteiger partial charge >= 0.3 is 12.1 Å². The molecule has 0 bridgehead atoms. The highest BCUT2D eigenvalue weighted by Crippen LogP contribution is 1.81. The van der Waals surface area contributed by atoms with Gasteiger partial charge in [0, 0.05) is 0 Å². The average Bonchev–Trinajstić information content (AvgIpc) is 1.63.